The third-order valence-electron chi connectivity index (χ3n) is 3.62. The quantitative estimate of drug-likeness (QED) is 0.358. The number of hydrogen-bond acceptors (Lipinski definition) is 1. The third-order valence-corrected chi connectivity index (χ3v) is 3.62. The summed E-state index contributed by atoms with van der Waals surface area (Å²) in [6.45, 7) is 0. The molecule has 2 aliphatic carbocycles. The van der Waals surface area contributed by atoms with Gasteiger partial charge in [0.1, 0.15) is 0 Å². The molecule has 0 aromatic carbocycles. The zero-order valence-corrected chi connectivity index (χ0v) is 8.22. The summed E-state index contributed by atoms with van der Waals surface area (Å²) in [7, 11) is 0. The van der Waals surface area contributed by atoms with Gasteiger partial charge in [-0.1, -0.05) is 19.3 Å². The molecule has 0 radical (unpaired) electrons. The standard InChI is InChI=1S/C10H15N3O/c11-13-12-10(14)9-5-7-2-1-3-8(4-7)6-9/h7-9H,1-6H2. The van der Waals surface area contributed by atoms with Crippen molar-refractivity contribution in [1.29, 1.82) is 0 Å². The maximum absolute atomic E-state index is 11.4. The first-order valence-corrected chi connectivity index (χ1v) is 5.38. The first kappa shape index (κ1) is 9.53. The number of hydrogen-bond donors (Lipinski definition) is 0. The van der Waals surface area contributed by atoms with Gasteiger partial charge in [-0.25, -0.2) is 0 Å². The van der Waals surface area contributed by atoms with Crippen LogP contribution in [0.15, 0.2) is 5.11 Å². The molecule has 76 valence electrons. The van der Waals surface area contributed by atoms with Crippen LogP contribution in [0.5, 0.6) is 0 Å². The smallest absolute Gasteiger partial charge is 0.222 e. The molecule has 2 bridgehead atoms. The van der Waals surface area contributed by atoms with Crippen LogP contribution in [0, 0.1) is 17.8 Å². The molecule has 2 unspecified atom stereocenters. The number of fused-ring (bicyclic) bond motifs is 2. The third kappa shape index (κ3) is 1.90. The Morgan fingerprint density at radius 2 is 1.86 bits per heavy atom. The lowest BCUT2D eigenvalue weighted by Gasteiger charge is -2.37. The summed E-state index contributed by atoms with van der Waals surface area (Å²) in [6, 6.07) is 0. The molecule has 14 heavy (non-hydrogen) atoms. The molecular formula is C10H15N3O. The van der Waals surface area contributed by atoms with E-state index in [4.69, 9.17) is 5.53 Å². The fourth-order valence-electron chi connectivity index (χ4n) is 3.06. The molecule has 0 N–H and O–H groups in total. The topological polar surface area (TPSA) is 65.8 Å². The van der Waals surface area contributed by atoms with E-state index in [9.17, 15) is 4.79 Å². The maximum Gasteiger partial charge on any atom is 0.222 e. The van der Waals surface area contributed by atoms with Gasteiger partial charge in [0, 0.05) is 10.8 Å². The molecular weight excluding hydrogens is 178 g/mol. The monoisotopic (exact) mass is 193 g/mol. The van der Waals surface area contributed by atoms with Gasteiger partial charge in [-0.15, -0.1) is 0 Å². The van der Waals surface area contributed by atoms with Gasteiger partial charge < -0.3 is 0 Å². The lowest BCUT2D eigenvalue weighted by molar-refractivity contribution is -0.124. The highest BCUT2D eigenvalue weighted by atomic mass is 16.1. The molecule has 1 amide bonds. The van der Waals surface area contributed by atoms with E-state index in [1.165, 1.54) is 25.7 Å². The number of carbonyl (C=O) groups excluding carboxylic acids is 1. The van der Waals surface area contributed by atoms with Gasteiger partial charge >= 0.3 is 0 Å². The second kappa shape index (κ2) is 4.01. The van der Waals surface area contributed by atoms with E-state index in [0.717, 1.165) is 12.8 Å². The normalized spacial score (nSPS) is 35.9. The van der Waals surface area contributed by atoms with Crippen molar-refractivity contribution < 1.29 is 4.79 Å². The molecule has 0 heterocycles. The number of azide groups is 1. The second-order valence-corrected chi connectivity index (χ2v) is 4.59. The molecule has 2 saturated carbocycles. The summed E-state index contributed by atoms with van der Waals surface area (Å²) in [4.78, 5) is 14.0. The van der Waals surface area contributed by atoms with Crippen molar-refractivity contribution in [3.05, 3.63) is 10.4 Å². The highest BCUT2D eigenvalue weighted by Crippen LogP contribution is 2.42. The minimum Gasteiger partial charge on any atom is -0.292 e. The summed E-state index contributed by atoms with van der Waals surface area (Å²) in [5.74, 6) is 1.22. The SMILES string of the molecule is [N-]=[N+]=NC(=O)C1CC2CCCC(C2)C1. The van der Waals surface area contributed by atoms with E-state index in [1.807, 2.05) is 0 Å². The number of nitrogens with zero attached hydrogens (tertiary/aromatic N) is 3. The number of carbonyl (C=O) groups is 1. The Balaban J connectivity index is 2.01. The van der Waals surface area contributed by atoms with Crippen LogP contribution in [0.2, 0.25) is 0 Å². The Labute approximate surface area is 83.3 Å². The average Bonchev–Trinajstić information content (AvgIpc) is 2.17. The van der Waals surface area contributed by atoms with E-state index < -0.39 is 0 Å². The fraction of sp³-hybridized carbons (Fsp3) is 0.900. The zero-order valence-electron chi connectivity index (χ0n) is 8.22. The molecule has 2 rings (SSSR count). The summed E-state index contributed by atoms with van der Waals surface area (Å²) in [5.41, 5.74) is 8.21. The molecule has 0 spiro atoms. The Hall–Kier alpha value is -1.02. The van der Waals surface area contributed by atoms with Gasteiger partial charge in [0.25, 0.3) is 0 Å². The first-order valence-electron chi connectivity index (χ1n) is 5.38. The second-order valence-electron chi connectivity index (χ2n) is 4.59. The molecule has 2 atom stereocenters. The van der Waals surface area contributed by atoms with E-state index in [2.05, 4.69) is 10.0 Å². The van der Waals surface area contributed by atoms with Crippen molar-refractivity contribution in [3.8, 4) is 0 Å². The maximum atomic E-state index is 11.4. The van der Waals surface area contributed by atoms with Crippen molar-refractivity contribution >= 4 is 5.91 Å². The van der Waals surface area contributed by atoms with Crippen LogP contribution in [0.25, 0.3) is 10.4 Å². The van der Waals surface area contributed by atoms with E-state index in [1.54, 1.807) is 0 Å². The predicted molar refractivity (Wildman–Crippen MR) is 52.3 cm³/mol. The highest BCUT2D eigenvalue weighted by molar-refractivity contribution is 5.79. The first-order chi connectivity index (χ1) is 6.79. The number of amides is 1. The molecule has 2 fully saturated rings. The van der Waals surface area contributed by atoms with Gasteiger partial charge in [0.2, 0.25) is 5.91 Å². The Morgan fingerprint density at radius 3 is 2.43 bits per heavy atom. The van der Waals surface area contributed by atoms with Gasteiger partial charge in [-0.3, -0.25) is 4.79 Å². The Kier molecular flexibility index (Phi) is 2.73. The molecule has 0 aromatic rings. The van der Waals surface area contributed by atoms with Crippen LogP contribution in [-0.4, -0.2) is 5.91 Å². The molecule has 0 aliphatic heterocycles. The Bertz CT molecular complexity index is 271. The summed E-state index contributed by atoms with van der Waals surface area (Å²) < 4.78 is 0. The molecule has 4 nitrogen and oxygen atoms in total. The van der Waals surface area contributed by atoms with Crippen LogP contribution >= 0.6 is 0 Å². The Morgan fingerprint density at radius 1 is 1.21 bits per heavy atom. The molecule has 0 aromatic heterocycles. The van der Waals surface area contributed by atoms with Crippen molar-refractivity contribution in [1.82, 2.24) is 0 Å². The fourth-order valence-corrected chi connectivity index (χ4v) is 3.06. The van der Waals surface area contributed by atoms with Crippen molar-refractivity contribution in [2.24, 2.45) is 22.9 Å². The number of rotatable bonds is 1. The van der Waals surface area contributed by atoms with Gasteiger partial charge in [-0.05, 0) is 41.7 Å². The van der Waals surface area contributed by atoms with Crippen LogP contribution in [0.3, 0.4) is 0 Å². The van der Waals surface area contributed by atoms with Crippen molar-refractivity contribution in [2.75, 3.05) is 0 Å². The summed E-state index contributed by atoms with van der Waals surface area (Å²) in [5, 5.41) is 3.22. The van der Waals surface area contributed by atoms with Gasteiger partial charge in [0.05, 0.1) is 0 Å². The average molecular weight is 193 g/mol. The molecule has 2 aliphatic rings. The lowest BCUT2D eigenvalue weighted by Crippen LogP contribution is -2.30. The molecule has 4 heteroatoms. The van der Waals surface area contributed by atoms with Crippen LogP contribution in [0.1, 0.15) is 38.5 Å². The van der Waals surface area contributed by atoms with Crippen molar-refractivity contribution in [2.45, 2.75) is 38.5 Å². The minimum atomic E-state index is -0.232. The summed E-state index contributed by atoms with van der Waals surface area (Å²) >= 11 is 0. The summed E-state index contributed by atoms with van der Waals surface area (Å²) in [6.07, 6.45) is 7.04. The van der Waals surface area contributed by atoms with Gasteiger partial charge in [-0.2, -0.15) is 0 Å². The molecule has 0 saturated heterocycles. The van der Waals surface area contributed by atoms with Crippen molar-refractivity contribution in [3.63, 3.8) is 0 Å². The largest absolute Gasteiger partial charge is 0.292 e. The predicted octanol–water partition coefficient (Wildman–Crippen LogP) is 3.04. The lowest BCUT2D eigenvalue weighted by atomic mass is 9.68. The van der Waals surface area contributed by atoms with Crippen LogP contribution in [-0.2, 0) is 4.79 Å². The zero-order chi connectivity index (χ0) is 9.97. The van der Waals surface area contributed by atoms with Crippen LogP contribution in [0.4, 0.5) is 0 Å². The van der Waals surface area contributed by atoms with E-state index >= 15 is 0 Å². The highest BCUT2D eigenvalue weighted by Gasteiger charge is 2.34. The van der Waals surface area contributed by atoms with E-state index in [-0.39, 0.29) is 11.8 Å². The van der Waals surface area contributed by atoms with Gasteiger partial charge in [0.15, 0.2) is 0 Å². The minimum absolute atomic E-state index is 0.0231. The van der Waals surface area contributed by atoms with E-state index in [0.29, 0.717) is 11.8 Å². The van der Waals surface area contributed by atoms with Crippen LogP contribution < -0.4 is 0 Å².